The van der Waals surface area contributed by atoms with Crippen LogP contribution in [0.15, 0.2) is 77.8 Å². The summed E-state index contributed by atoms with van der Waals surface area (Å²) < 4.78 is 49.4. The number of nitrogens with one attached hydrogen (secondary N) is 1. The van der Waals surface area contributed by atoms with Gasteiger partial charge in [0.05, 0.1) is 29.3 Å². The summed E-state index contributed by atoms with van der Waals surface area (Å²) in [4.78, 5) is 17.3. The van der Waals surface area contributed by atoms with Crippen molar-refractivity contribution < 1.29 is 32.6 Å². The molecule has 0 spiro atoms. The van der Waals surface area contributed by atoms with Crippen molar-refractivity contribution in [3.63, 3.8) is 0 Å². The Bertz CT molecular complexity index is 1710. The molecule has 0 unspecified atom stereocenters. The molecule has 1 aliphatic rings. The number of aromatic hydroxyl groups is 1. The minimum atomic E-state index is -4.04. The molecule has 1 aliphatic carbocycles. The van der Waals surface area contributed by atoms with Gasteiger partial charge in [0, 0.05) is 18.1 Å². The molecule has 0 amide bonds. The van der Waals surface area contributed by atoms with E-state index in [-0.39, 0.29) is 53.8 Å². The van der Waals surface area contributed by atoms with Crippen molar-refractivity contribution >= 4 is 38.3 Å². The Balaban J connectivity index is 1.47. The second-order valence-electron chi connectivity index (χ2n) is 10.7. The lowest BCUT2D eigenvalue weighted by molar-refractivity contribution is -0.136. The topological polar surface area (TPSA) is 129 Å². The van der Waals surface area contributed by atoms with Gasteiger partial charge in [0.25, 0.3) is 10.0 Å². The Morgan fingerprint density at radius 2 is 1.84 bits per heavy atom. The number of anilines is 2. The molecule has 1 heterocycles. The molecule has 4 aromatic rings. The summed E-state index contributed by atoms with van der Waals surface area (Å²) in [6, 6.07) is 17.6. The first-order chi connectivity index (χ1) is 20.7. The summed E-state index contributed by atoms with van der Waals surface area (Å²) >= 11 is 0. The number of aromatic nitrogens is 1. The fraction of sp³-hybridized carbons (Fsp3) is 0.312. The van der Waals surface area contributed by atoms with E-state index in [1.165, 1.54) is 35.7 Å². The lowest BCUT2D eigenvalue weighted by atomic mass is 9.84. The molecule has 0 aliphatic heterocycles. The first kappa shape index (κ1) is 30.2. The molecule has 1 aromatic heterocycles. The van der Waals surface area contributed by atoms with E-state index in [1.807, 2.05) is 6.07 Å². The number of sulfonamides is 1. The molecule has 3 N–H and O–H groups in total. The number of aliphatic carboxylic acids is 1. The number of carbonyl (C=O) groups is 1. The van der Waals surface area contributed by atoms with Gasteiger partial charge in [-0.15, -0.1) is 0 Å². The van der Waals surface area contributed by atoms with E-state index in [1.54, 1.807) is 42.5 Å². The summed E-state index contributed by atoms with van der Waals surface area (Å²) in [5, 5.41) is 21.0. The molecule has 0 saturated heterocycles. The fourth-order valence-electron chi connectivity index (χ4n) is 5.50. The van der Waals surface area contributed by atoms with Crippen molar-refractivity contribution in [2.75, 3.05) is 22.9 Å². The third-order valence-corrected chi connectivity index (χ3v) is 9.04. The van der Waals surface area contributed by atoms with E-state index >= 15 is 0 Å². The number of ether oxygens (including phenoxy) is 1. The van der Waals surface area contributed by atoms with Crippen LogP contribution in [0.5, 0.6) is 5.75 Å². The van der Waals surface area contributed by atoms with Crippen molar-refractivity contribution in [3.8, 4) is 5.75 Å². The van der Waals surface area contributed by atoms with Crippen LogP contribution in [0.3, 0.4) is 0 Å². The van der Waals surface area contributed by atoms with Crippen molar-refractivity contribution in [2.24, 2.45) is 0 Å². The van der Waals surface area contributed by atoms with Crippen LogP contribution in [0.25, 0.3) is 10.9 Å². The molecule has 43 heavy (non-hydrogen) atoms. The lowest BCUT2D eigenvalue weighted by Crippen LogP contribution is -2.29. The molecule has 3 aromatic carbocycles. The fourth-order valence-corrected chi connectivity index (χ4v) is 6.63. The van der Waals surface area contributed by atoms with E-state index in [0.717, 1.165) is 31.2 Å². The summed E-state index contributed by atoms with van der Waals surface area (Å²) in [5.41, 5.74) is 2.02. The van der Waals surface area contributed by atoms with E-state index in [9.17, 15) is 27.8 Å². The van der Waals surface area contributed by atoms with Crippen LogP contribution in [-0.2, 0) is 26.2 Å². The highest BCUT2D eigenvalue weighted by Crippen LogP contribution is 2.40. The van der Waals surface area contributed by atoms with Gasteiger partial charge in [-0.25, -0.2) is 12.8 Å². The van der Waals surface area contributed by atoms with Crippen LogP contribution in [0, 0.1) is 5.82 Å². The van der Waals surface area contributed by atoms with Crippen molar-refractivity contribution in [3.05, 3.63) is 89.9 Å². The van der Waals surface area contributed by atoms with Gasteiger partial charge in [0.1, 0.15) is 18.1 Å². The number of phenols is 1. The first-order valence-corrected chi connectivity index (χ1v) is 15.7. The standard InChI is InChI=1S/C32H34FN3O6S/c33-25-11-4-7-22(17-25)20-42-21-36(16-14-30(37)38)29-19-28(27-13-6-15-34-31(27)32(29)39)35-43(40,41)26-12-5-10-24(18-26)23-8-2-1-3-9-23/h4-7,10-13,15,17-19,23,35,39H,1-3,8-9,14,16,20-21H2,(H,37,38). The van der Waals surface area contributed by atoms with Gasteiger partial charge >= 0.3 is 5.97 Å². The van der Waals surface area contributed by atoms with Gasteiger partial charge in [-0.1, -0.05) is 43.5 Å². The molecular weight excluding hydrogens is 573 g/mol. The minimum absolute atomic E-state index is 0.0325. The average molecular weight is 608 g/mol. The minimum Gasteiger partial charge on any atom is -0.504 e. The quantitative estimate of drug-likeness (QED) is 0.125. The Morgan fingerprint density at radius 3 is 2.60 bits per heavy atom. The number of hydrogen-bond acceptors (Lipinski definition) is 7. The summed E-state index contributed by atoms with van der Waals surface area (Å²) in [6.45, 7) is -0.184. The Morgan fingerprint density at radius 1 is 1.05 bits per heavy atom. The molecule has 5 rings (SSSR count). The van der Waals surface area contributed by atoms with Crippen LogP contribution in [0.2, 0.25) is 0 Å². The number of phenolic OH excluding ortho intramolecular Hbond substituents is 1. The van der Waals surface area contributed by atoms with Gasteiger partial charge in [-0.3, -0.25) is 14.5 Å². The van der Waals surface area contributed by atoms with Crippen LogP contribution in [0.1, 0.15) is 55.6 Å². The van der Waals surface area contributed by atoms with Crippen LogP contribution < -0.4 is 9.62 Å². The Labute approximate surface area is 250 Å². The number of nitrogens with zero attached hydrogens (tertiary/aromatic N) is 2. The normalized spacial score (nSPS) is 14.1. The molecule has 0 radical (unpaired) electrons. The highest BCUT2D eigenvalue weighted by atomic mass is 32.2. The second kappa shape index (κ2) is 13.4. The summed E-state index contributed by atoms with van der Waals surface area (Å²) in [5.74, 6) is -1.41. The molecule has 226 valence electrons. The number of fused-ring (bicyclic) bond motifs is 1. The predicted molar refractivity (Wildman–Crippen MR) is 162 cm³/mol. The number of carboxylic acid groups (broad SMARTS) is 1. The SMILES string of the molecule is O=C(O)CCN(COCc1cccc(F)c1)c1cc(NS(=O)(=O)c2cccc(C3CCCCC3)c2)c2cccnc2c1O. The van der Waals surface area contributed by atoms with Gasteiger partial charge in [0.2, 0.25) is 0 Å². The largest absolute Gasteiger partial charge is 0.504 e. The average Bonchev–Trinajstić information content (AvgIpc) is 3.01. The number of carboxylic acids is 1. The molecular formula is C32H34FN3O6S. The Kier molecular flexibility index (Phi) is 9.42. The van der Waals surface area contributed by atoms with Gasteiger partial charge in [-0.2, -0.15) is 0 Å². The first-order valence-electron chi connectivity index (χ1n) is 14.2. The molecule has 0 bridgehead atoms. The number of benzene rings is 3. The van der Waals surface area contributed by atoms with E-state index in [4.69, 9.17) is 4.74 Å². The van der Waals surface area contributed by atoms with Gasteiger partial charge in [0.15, 0.2) is 5.75 Å². The van der Waals surface area contributed by atoms with E-state index in [2.05, 4.69) is 9.71 Å². The maximum Gasteiger partial charge on any atom is 0.305 e. The predicted octanol–water partition coefficient (Wildman–Crippen LogP) is 6.38. The molecule has 11 heteroatoms. The number of rotatable bonds is 12. The van der Waals surface area contributed by atoms with E-state index in [0.29, 0.717) is 16.9 Å². The molecule has 0 atom stereocenters. The third kappa shape index (κ3) is 7.41. The molecule has 1 fully saturated rings. The molecule has 9 nitrogen and oxygen atoms in total. The monoisotopic (exact) mass is 607 g/mol. The highest BCUT2D eigenvalue weighted by molar-refractivity contribution is 7.92. The van der Waals surface area contributed by atoms with Crippen molar-refractivity contribution in [1.82, 2.24) is 4.98 Å². The maximum atomic E-state index is 13.7. The van der Waals surface area contributed by atoms with Gasteiger partial charge in [-0.05, 0) is 72.4 Å². The number of pyridine rings is 1. The molecule has 1 saturated carbocycles. The van der Waals surface area contributed by atoms with Gasteiger partial charge < -0.3 is 19.8 Å². The van der Waals surface area contributed by atoms with Crippen LogP contribution in [0.4, 0.5) is 15.8 Å². The summed E-state index contributed by atoms with van der Waals surface area (Å²) in [7, 11) is -4.04. The van der Waals surface area contributed by atoms with Crippen LogP contribution in [-0.4, -0.2) is 42.9 Å². The highest BCUT2D eigenvalue weighted by Gasteiger charge is 2.24. The summed E-state index contributed by atoms with van der Waals surface area (Å²) in [6.07, 6.45) is 6.69. The maximum absolute atomic E-state index is 13.7. The smallest absolute Gasteiger partial charge is 0.305 e. The lowest BCUT2D eigenvalue weighted by Gasteiger charge is -2.26. The zero-order valence-corrected chi connectivity index (χ0v) is 24.4. The van der Waals surface area contributed by atoms with Crippen molar-refractivity contribution in [2.45, 2.75) is 55.9 Å². The zero-order chi connectivity index (χ0) is 30.4. The number of halogens is 1. The Hall–Kier alpha value is -4.22. The number of hydrogen-bond donors (Lipinski definition) is 3. The third-order valence-electron chi connectivity index (χ3n) is 7.68. The second-order valence-corrected chi connectivity index (χ2v) is 12.4. The van der Waals surface area contributed by atoms with E-state index < -0.39 is 21.8 Å². The van der Waals surface area contributed by atoms with Crippen LogP contribution >= 0.6 is 0 Å². The zero-order valence-electron chi connectivity index (χ0n) is 23.6. The van der Waals surface area contributed by atoms with Crippen molar-refractivity contribution in [1.29, 1.82) is 0 Å².